The quantitative estimate of drug-likeness (QED) is 0.554. The van der Waals surface area contributed by atoms with Crippen LogP contribution in [0.3, 0.4) is 0 Å². The number of carbonyl (C=O) groups is 1. The molecule has 0 aromatic carbocycles. The number of cyclic esters (lactones) is 1. The van der Waals surface area contributed by atoms with Crippen LogP contribution in [-0.2, 0) is 4.74 Å². The van der Waals surface area contributed by atoms with Crippen molar-refractivity contribution in [1.29, 1.82) is 0 Å². The Morgan fingerprint density at radius 3 is 2.89 bits per heavy atom. The van der Waals surface area contributed by atoms with Crippen LogP contribution in [0.5, 0.6) is 0 Å². The molecular weight excluding hydrogens is 138 g/mol. The molecule has 1 fully saturated rings. The Morgan fingerprint density at radius 2 is 2.67 bits per heavy atom. The first-order valence-corrected chi connectivity index (χ1v) is 3.43. The normalized spacial score (nSPS) is 26.7. The molecule has 0 spiro atoms. The average molecular weight is 147 g/mol. The summed E-state index contributed by atoms with van der Waals surface area (Å²) in [5.41, 5.74) is 0. The van der Waals surface area contributed by atoms with Gasteiger partial charge in [0.15, 0.2) is 0 Å². The summed E-state index contributed by atoms with van der Waals surface area (Å²) in [6, 6.07) is 0.190. The maximum absolute atomic E-state index is 10.7. The largest absolute Gasteiger partial charge is 0.447 e. The Kier molecular flexibility index (Phi) is 1.85. The highest BCUT2D eigenvalue weighted by Gasteiger charge is 2.27. The molecular formula is C5H9NO2S. The van der Waals surface area contributed by atoms with E-state index in [1.165, 1.54) is 0 Å². The van der Waals surface area contributed by atoms with E-state index in [1.807, 2.05) is 6.92 Å². The minimum Gasteiger partial charge on any atom is -0.447 e. The topological polar surface area (TPSA) is 29.5 Å². The number of nitrogens with zero attached hydrogens (tertiary/aromatic N) is 1. The summed E-state index contributed by atoms with van der Waals surface area (Å²) in [6.45, 7) is 2.43. The Balaban J connectivity index is 2.55. The van der Waals surface area contributed by atoms with Crippen LogP contribution in [0.4, 0.5) is 4.79 Å². The second-order valence-electron chi connectivity index (χ2n) is 2.04. The van der Waals surface area contributed by atoms with Gasteiger partial charge in [-0.1, -0.05) is 0 Å². The Hall–Kier alpha value is -0.380. The first-order chi connectivity index (χ1) is 4.25. The molecule has 0 radical (unpaired) electrons. The molecule has 3 nitrogen and oxygen atoms in total. The van der Waals surface area contributed by atoms with Gasteiger partial charge in [-0.2, -0.15) is 12.6 Å². The summed E-state index contributed by atoms with van der Waals surface area (Å²) >= 11 is 3.96. The summed E-state index contributed by atoms with van der Waals surface area (Å²) in [6.07, 6.45) is -0.252. The summed E-state index contributed by atoms with van der Waals surface area (Å²) in [4.78, 5) is 12.2. The van der Waals surface area contributed by atoms with Gasteiger partial charge >= 0.3 is 6.09 Å². The van der Waals surface area contributed by atoms with E-state index in [9.17, 15) is 4.79 Å². The molecule has 1 atom stereocenters. The molecule has 1 amide bonds. The van der Waals surface area contributed by atoms with Gasteiger partial charge in [-0.3, -0.25) is 4.90 Å². The van der Waals surface area contributed by atoms with Crippen molar-refractivity contribution in [2.75, 3.05) is 12.5 Å². The molecule has 1 aliphatic rings. The Labute approximate surface area is 59.4 Å². The van der Waals surface area contributed by atoms with Gasteiger partial charge in [0, 0.05) is 0 Å². The van der Waals surface area contributed by atoms with Crippen LogP contribution < -0.4 is 0 Å². The summed E-state index contributed by atoms with van der Waals surface area (Å²) in [7, 11) is 0. The third-order valence-corrected chi connectivity index (χ3v) is 1.67. The van der Waals surface area contributed by atoms with Crippen LogP contribution in [0.25, 0.3) is 0 Å². The minimum absolute atomic E-state index is 0.190. The zero-order valence-electron chi connectivity index (χ0n) is 5.20. The molecule has 1 aliphatic heterocycles. The number of ether oxygens (including phenoxy) is 1. The molecule has 52 valence electrons. The van der Waals surface area contributed by atoms with Gasteiger partial charge in [0.2, 0.25) is 0 Å². The van der Waals surface area contributed by atoms with Crippen LogP contribution in [-0.4, -0.2) is 29.5 Å². The molecule has 0 aliphatic carbocycles. The van der Waals surface area contributed by atoms with Crippen molar-refractivity contribution in [1.82, 2.24) is 4.90 Å². The van der Waals surface area contributed by atoms with E-state index in [-0.39, 0.29) is 12.1 Å². The predicted molar refractivity (Wildman–Crippen MR) is 36.5 cm³/mol. The average Bonchev–Trinajstić information content (AvgIpc) is 2.12. The Morgan fingerprint density at radius 1 is 2.00 bits per heavy atom. The van der Waals surface area contributed by atoms with Crippen molar-refractivity contribution in [3.05, 3.63) is 0 Å². The van der Waals surface area contributed by atoms with Crippen molar-refractivity contribution >= 4 is 18.7 Å². The van der Waals surface area contributed by atoms with Gasteiger partial charge in [-0.15, -0.1) is 0 Å². The predicted octanol–water partition coefficient (Wildman–Crippen LogP) is 0.714. The molecule has 1 heterocycles. The number of thiol groups is 1. The summed E-state index contributed by atoms with van der Waals surface area (Å²) in [5, 5.41) is 0. The van der Waals surface area contributed by atoms with Crippen LogP contribution in [0, 0.1) is 0 Å². The fourth-order valence-corrected chi connectivity index (χ4v) is 1.14. The highest BCUT2D eigenvalue weighted by atomic mass is 32.1. The standard InChI is InChI=1S/C5H9NO2S/c1-4-2-8-5(7)6(4)3-9/h4,9H,2-3H2,1H3/t4-/m0/s1. The van der Waals surface area contributed by atoms with Crippen LogP contribution >= 0.6 is 12.6 Å². The highest BCUT2D eigenvalue weighted by Crippen LogP contribution is 2.10. The molecule has 0 saturated carbocycles. The van der Waals surface area contributed by atoms with Crippen molar-refractivity contribution in [3.8, 4) is 0 Å². The van der Waals surface area contributed by atoms with E-state index in [0.29, 0.717) is 12.5 Å². The highest BCUT2D eigenvalue weighted by molar-refractivity contribution is 7.80. The fourth-order valence-electron chi connectivity index (χ4n) is 0.742. The Bertz CT molecular complexity index is 128. The number of rotatable bonds is 1. The van der Waals surface area contributed by atoms with Gasteiger partial charge in [0.1, 0.15) is 6.61 Å². The van der Waals surface area contributed by atoms with Gasteiger partial charge in [0.05, 0.1) is 11.9 Å². The smallest absolute Gasteiger partial charge is 0.410 e. The first kappa shape index (κ1) is 6.74. The fraction of sp³-hybridized carbons (Fsp3) is 0.800. The molecule has 1 saturated heterocycles. The lowest BCUT2D eigenvalue weighted by Gasteiger charge is -2.13. The minimum atomic E-state index is -0.252. The molecule has 1 rings (SSSR count). The summed E-state index contributed by atoms with van der Waals surface area (Å²) < 4.78 is 4.71. The number of carbonyl (C=O) groups excluding carboxylic acids is 1. The zero-order valence-corrected chi connectivity index (χ0v) is 6.10. The van der Waals surface area contributed by atoms with Crippen molar-refractivity contribution in [3.63, 3.8) is 0 Å². The molecule has 0 bridgehead atoms. The van der Waals surface area contributed by atoms with Crippen LogP contribution in [0.15, 0.2) is 0 Å². The molecule has 0 N–H and O–H groups in total. The molecule has 9 heavy (non-hydrogen) atoms. The van der Waals surface area contributed by atoms with E-state index in [2.05, 4.69) is 12.6 Å². The number of amides is 1. The SMILES string of the molecule is C[C@H]1COC(=O)N1CS. The van der Waals surface area contributed by atoms with E-state index < -0.39 is 0 Å². The van der Waals surface area contributed by atoms with Crippen molar-refractivity contribution < 1.29 is 9.53 Å². The van der Waals surface area contributed by atoms with Crippen molar-refractivity contribution in [2.24, 2.45) is 0 Å². The second kappa shape index (κ2) is 2.47. The van der Waals surface area contributed by atoms with Crippen molar-refractivity contribution in [2.45, 2.75) is 13.0 Å². The van der Waals surface area contributed by atoms with Gasteiger partial charge in [-0.25, -0.2) is 4.79 Å². The van der Waals surface area contributed by atoms with E-state index >= 15 is 0 Å². The molecule has 4 heteroatoms. The van der Waals surface area contributed by atoms with E-state index in [4.69, 9.17) is 4.74 Å². The maximum atomic E-state index is 10.7. The second-order valence-corrected chi connectivity index (χ2v) is 2.32. The number of hydrogen-bond acceptors (Lipinski definition) is 3. The monoisotopic (exact) mass is 147 g/mol. The summed E-state index contributed by atoms with van der Waals surface area (Å²) in [5.74, 6) is 0.444. The van der Waals surface area contributed by atoms with Gasteiger partial charge in [-0.05, 0) is 6.92 Å². The van der Waals surface area contributed by atoms with E-state index in [0.717, 1.165) is 0 Å². The zero-order chi connectivity index (χ0) is 6.85. The number of hydrogen-bond donors (Lipinski definition) is 1. The maximum Gasteiger partial charge on any atom is 0.410 e. The lowest BCUT2D eigenvalue weighted by Crippen LogP contribution is -2.29. The van der Waals surface area contributed by atoms with E-state index in [1.54, 1.807) is 4.90 Å². The van der Waals surface area contributed by atoms with Gasteiger partial charge < -0.3 is 4.74 Å². The van der Waals surface area contributed by atoms with Crippen LogP contribution in [0.1, 0.15) is 6.92 Å². The van der Waals surface area contributed by atoms with Gasteiger partial charge in [0.25, 0.3) is 0 Å². The molecule has 0 aromatic rings. The molecule has 0 aromatic heterocycles. The third kappa shape index (κ3) is 1.13. The van der Waals surface area contributed by atoms with Crippen LogP contribution in [0.2, 0.25) is 0 Å². The first-order valence-electron chi connectivity index (χ1n) is 2.80. The molecule has 0 unspecified atom stereocenters. The third-order valence-electron chi connectivity index (χ3n) is 1.37. The lowest BCUT2D eigenvalue weighted by molar-refractivity contribution is 0.162. The lowest BCUT2D eigenvalue weighted by atomic mass is 10.4.